The molecule has 0 aliphatic carbocycles. The average Bonchev–Trinajstić information content (AvgIpc) is 2.74. The number of aromatic amines is 1. The van der Waals surface area contributed by atoms with Crippen LogP contribution in [0.5, 0.6) is 0 Å². The summed E-state index contributed by atoms with van der Waals surface area (Å²) in [6, 6.07) is 2.07. The molecule has 2 rings (SSSR count). The number of aromatic nitrogens is 3. The second kappa shape index (κ2) is 3.89. The molecule has 0 atom stereocenters. The minimum absolute atomic E-state index is 0.671. The maximum atomic E-state index is 5.54. The summed E-state index contributed by atoms with van der Waals surface area (Å²) >= 11 is 1.72. The quantitative estimate of drug-likeness (QED) is 0.800. The minimum Gasteiger partial charge on any atom is -0.330 e. The summed E-state index contributed by atoms with van der Waals surface area (Å²) in [6.45, 7) is 2.62. The van der Waals surface area contributed by atoms with Crippen LogP contribution in [0, 0.1) is 6.92 Å². The summed E-state index contributed by atoms with van der Waals surface area (Å²) in [5.41, 5.74) is 8.57. The number of nitrogens with one attached hydrogen (secondary N) is 1. The molecule has 0 bridgehead atoms. The van der Waals surface area contributed by atoms with Gasteiger partial charge in [-0.2, -0.15) is 15.4 Å². The Bertz CT molecular complexity index is 418. The minimum atomic E-state index is 0.671. The number of thiophene rings is 1. The molecule has 0 radical (unpaired) electrons. The zero-order chi connectivity index (χ0) is 9.97. The van der Waals surface area contributed by atoms with E-state index in [1.165, 1.54) is 4.88 Å². The van der Waals surface area contributed by atoms with E-state index in [0.717, 1.165) is 23.4 Å². The number of hydrogen-bond acceptors (Lipinski definition) is 4. The first-order valence-electron chi connectivity index (χ1n) is 4.47. The van der Waals surface area contributed by atoms with Crippen molar-refractivity contribution in [1.29, 1.82) is 0 Å². The van der Waals surface area contributed by atoms with Crippen molar-refractivity contribution < 1.29 is 0 Å². The maximum Gasteiger partial charge on any atom is 0.116 e. The van der Waals surface area contributed by atoms with E-state index in [0.29, 0.717) is 6.54 Å². The topological polar surface area (TPSA) is 67.6 Å². The maximum absolute atomic E-state index is 5.54. The smallest absolute Gasteiger partial charge is 0.116 e. The van der Waals surface area contributed by atoms with Gasteiger partial charge in [-0.05, 0) is 31.3 Å². The van der Waals surface area contributed by atoms with Crippen molar-refractivity contribution in [3.05, 3.63) is 22.0 Å². The van der Waals surface area contributed by atoms with Gasteiger partial charge in [-0.1, -0.05) is 0 Å². The van der Waals surface area contributed by atoms with Gasteiger partial charge in [-0.15, -0.1) is 11.3 Å². The van der Waals surface area contributed by atoms with Gasteiger partial charge in [0.25, 0.3) is 0 Å². The molecule has 5 heteroatoms. The first-order valence-corrected chi connectivity index (χ1v) is 5.35. The van der Waals surface area contributed by atoms with Gasteiger partial charge in [0.1, 0.15) is 5.69 Å². The van der Waals surface area contributed by atoms with Crippen molar-refractivity contribution in [2.75, 3.05) is 6.54 Å². The third-order valence-corrected chi connectivity index (χ3v) is 3.07. The molecular formula is C9H12N4S. The Morgan fingerprint density at radius 2 is 2.36 bits per heavy atom. The lowest BCUT2D eigenvalue weighted by Gasteiger charge is -1.98. The molecule has 2 aromatic rings. The Hall–Kier alpha value is -1.20. The van der Waals surface area contributed by atoms with Crippen LogP contribution in [0.3, 0.4) is 0 Å². The molecule has 0 aromatic carbocycles. The number of aryl methyl sites for hydroxylation is 1. The van der Waals surface area contributed by atoms with Crippen LogP contribution in [0.2, 0.25) is 0 Å². The first-order chi connectivity index (χ1) is 6.83. The highest BCUT2D eigenvalue weighted by molar-refractivity contribution is 7.10. The summed E-state index contributed by atoms with van der Waals surface area (Å²) < 4.78 is 0. The molecule has 0 aliphatic rings. The van der Waals surface area contributed by atoms with Gasteiger partial charge >= 0.3 is 0 Å². The van der Waals surface area contributed by atoms with E-state index < -0.39 is 0 Å². The molecule has 2 heterocycles. The van der Waals surface area contributed by atoms with Crippen molar-refractivity contribution in [1.82, 2.24) is 15.4 Å². The molecule has 4 nitrogen and oxygen atoms in total. The van der Waals surface area contributed by atoms with Gasteiger partial charge in [0.15, 0.2) is 0 Å². The van der Waals surface area contributed by atoms with Gasteiger partial charge in [0.05, 0.1) is 5.69 Å². The summed E-state index contributed by atoms with van der Waals surface area (Å²) in [7, 11) is 0. The number of nitrogens with two attached hydrogens (primary N) is 1. The Labute approximate surface area is 86.1 Å². The molecule has 0 aliphatic heterocycles. The zero-order valence-corrected chi connectivity index (χ0v) is 8.77. The number of hydrogen-bond donors (Lipinski definition) is 2. The largest absolute Gasteiger partial charge is 0.330 e. The lowest BCUT2D eigenvalue weighted by atomic mass is 10.1. The standard InChI is InChI=1S/C9H12N4S/c1-6-9(12-13-11-6)7-3-5-14-8(7)2-4-10/h3,5H,2,4,10H2,1H3,(H,11,12,13). The number of rotatable bonds is 3. The second-order valence-electron chi connectivity index (χ2n) is 3.05. The highest BCUT2D eigenvalue weighted by Crippen LogP contribution is 2.28. The van der Waals surface area contributed by atoms with E-state index in [-0.39, 0.29) is 0 Å². The van der Waals surface area contributed by atoms with Gasteiger partial charge in [0, 0.05) is 10.4 Å². The normalized spacial score (nSPS) is 10.7. The van der Waals surface area contributed by atoms with Crippen molar-refractivity contribution in [3.63, 3.8) is 0 Å². The summed E-state index contributed by atoms with van der Waals surface area (Å²) in [6.07, 6.45) is 0.902. The van der Waals surface area contributed by atoms with Crippen molar-refractivity contribution in [2.24, 2.45) is 5.73 Å². The van der Waals surface area contributed by atoms with Crippen LogP contribution >= 0.6 is 11.3 Å². The second-order valence-corrected chi connectivity index (χ2v) is 4.05. The Kier molecular flexibility index (Phi) is 2.60. The highest BCUT2D eigenvalue weighted by Gasteiger charge is 2.11. The van der Waals surface area contributed by atoms with Crippen LogP contribution in [0.15, 0.2) is 11.4 Å². The molecule has 0 amide bonds. The van der Waals surface area contributed by atoms with Crippen molar-refractivity contribution >= 4 is 11.3 Å². The molecule has 3 N–H and O–H groups in total. The number of nitrogens with zero attached hydrogens (tertiary/aromatic N) is 2. The number of H-pyrrole nitrogens is 1. The van der Waals surface area contributed by atoms with Crippen LogP contribution in [0.1, 0.15) is 10.6 Å². The highest BCUT2D eigenvalue weighted by atomic mass is 32.1. The molecule has 74 valence electrons. The van der Waals surface area contributed by atoms with Crippen LogP contribution < -0.4 is 5.73 Å². The summed E-state index contributed by atoms with van der Waals surface area (Å²) in [5.74, 6) is 0. The van der Waals surface area contributed by atoms with Crippen LogP contribution in [-0.4, -0.2) is 22.0 Å². The van der Waals surface area contributed by atoms with E-state index in [1.807, 2.05) is 6.92 Å². The monoisotopic (exact) mass is 208 g/mol. The van der Waals surface area contributed by atoms with E-state index >= 15 is 0 Å². The van der Waals surface area contributed by atoms with Crippen molar-refractivity contribution in [2.45, 2.75) is 13.3 Å². The Morgan fingerprint density at radius 3 is 3.00 bits per heavy atom. The van der Waals surface area contributed by atoms with Gasteiger partial charge in [0.2, 0.25) is 0 Å². The van der Waals surface area contributed by atoms with E-state index in [2.05, 4.69) is 26.9 Å². The fourth-order valence-corrected chi connectivity index (χ4v) is 2.31. The molecule has 0 unspecified atom stereocenters. The molecule has 0 spiro atoms. The fraction of sp³-hybridized carbons (Fsp3) is 0.333. The third-order valence-electron chi connectivity index (χ3n) is 2.09. The lowest BCUT2D eigenvalue weighted by Crippen LogP contribution is -2.02. The lowest BCUT2D eigenvalue weighted by molar-refractivity contribution is 0.929. The third kappa shape index (κ3) is 1.56. The van der Waals surface area contributed by atoms with Crippen molar-refractivity contribution in [3.8, 4) is 11.3 Å². The van der Waals surface area contributed by atoms with E-state index in [4.69, 9.17) is 5.73 Å². The predicted octanol–water partition coefficient (Wildman–Crippen LogP) is 1.34. The predicted molar refractivity (Wildman–Crippen MR) is 57.2 cm³/mol. The first kappa shape index (κ1) is 9.36. The van der Waals surface area contributed by atoms with Gasteiger partial charge in [-0.3, -0.25) is 0 Å². The van der Waals surface area contributed by atoms with Gasteiger partial charge in [-0.25, -0.2) is 0 Å². The zero-order valence-electron chi connectivity index (χ0n) is 7.95. The summed E-state index contributed by atoms with van der Waals surface area (Å²) in [4.78, 5) is 1.28. The van der Waals surface area contributed by atoms with Crippen LogP contribution in [0.4, 0.5) is 0 Å². The van der Waals surface area contributed by atoms with Gasteiger partial charge < -0.3 is 5.73 Å². The van der Waals surface area contributed by atoms with Crippen LogP contribution in [-0.2, 0) is 6.42 Å². The molecule has 14 heavy (non-hydrogen) atoms. The average molecular weight is 208 g/mol. The SMILES string of the molecule is Cc1n[nH]nc1-c1ccsc1CCN. The Morgan fingerprint density at radius 1 is 1.50 bits per heavy atom. The molecule has 0 saturated heterocycles. The summed E-state index contributed by atoms with van der Waals surface area (Å²) in [5, 5.41) is 12.8. The molecule has 0 fully saturated rings. The van der Waals surface area contributed by atoms with Crippen LogP contribution in [0.25, 0.3) is 11.3 Å². The van der Waals surface area contributed by atoms with E-state index in [1.54, 1.807) is 11.3 Å². The molecule has 2 aromatic heterocycles. The molecule has 0 saturated carbocycles. The Balaban J connectivity index is 2.41. The van der Waals surface area contributed by atoms with E-state index in [9.17, 15) is 0 Å². The molecular weight excluding hydrogens is 196 g/mol. The fourth-order valence-electron chi connectivity index (χ4n) is 1.42.